The van der Waals surface area contributed by atoms with Gasteiger partial charge in [0.1, 0.15) is 0 Å². The number of halogens is 1. The summed E-state index contributed by atoms with van der Waals surface area (Å²) >= 11 is 3.35. The van der Waals surface area contributed by atoms with Crippen molar-refractivity contribution >= 4 is 15.9 Å². The van der Waals surface area contributed by atoms with Gasteiger partial charge in [-0.25, -0.2) is 0 Å². The lowest BCUT2D eigenvalue weighted by Crippen LogP contribution is -2.14. The Labute approximate surface area is 74.2 Å². The van der Waals surface area contributed by atoms with Crippen LogP contribution in [0.5, 0.6) is 0 Å². The predicted molar refractivity (Wildman–Crippen MR) is 48.2 cm³/mol. The van der Waals surface area contributed by atoms with E-state index in [4.69, 9.17) is 10.8 Å². The third-order valence-electron chi connectivity index (χ3n) is 1.50. The van der Waals surface area contributed by atoms with Gasteiger partial charge in [-0.05, 0) is 11.6 Å². The van der Waals surface area contributed by atoms with E-state index in [1.165, 1.54) is 0 Å². The number of rotatable bonds is 2. The number of hydrogen-bond acceptors (Lipinski definition) is 2. The lowest BCUT2D eigenvalue weighted by atomic mass is 10.1. The van der Waals surface area contributed by atoms with Crippen molar-refractivity contribution in [2.45, 2.75) is 6.04 Å². The number of nitrogens with two attached hydrogens (primary N) is 1. The van der Waals surface area contributed by atoms with Gasteiger partial charge in [-0.3, -0.25) is 0 Å². The van der Waals surface area contributed by atoms with E-state index in [1.807, 2.05) is 24.3 Å². The summed E-state index contributed by atoms with van der Waals surface area (Å²) in [6, 6.07) is 7.33. The van der Waals surface area contributed by atoms with Crippen LogP contribution < -0.4 is 5.73 Å². The second kappa shape index (κ2) is 3.85. The highest BCUT2D eigenvalue weighted by atomic mass is 79.9. The summed E-state index contributed by atoms with van der Waals surface area (Å²) in [5, 5.41) is 8.77. The van der Waals surface area contributed by atoms with Gasteiger partial charge in [0, 0.05) is 4.47 Å². The largest absolute Gasteiger partial charge is 0.394 e. The van der Waals surface area contributed by atoms with Crippen LogP contribution in [0, 0.1) is 0 Å². The average Bonchev–Trinajstić information content (AvgIpc) is 2.04. The monoisotopic (exact) mass is 215 g/mol. The van der Waals surface area contributed by atoms with Crippen molar-refractivity contribution in [3.05, 3.63) is 34.3 Å². The molecule has 0 aliphatic heterocycles. The maximum atomic E-state index is 8.77. The molecule has 0 heterocycles. The molecule has 0 amide bonds. The van der Waals surface area contributed by atoms with E-state index in [-0.39, 0.29) is 12.6 Å². The van der Waals surface area contributed by atoms with Crippen molar-refractivity contribution in [3.63, 3.8) is 0 Å². The molecule has 0 aliphatic carbocycles. The summed E-state index contributed by atoms with van der Waals surface area (Å²) in [4.78, 5) is 0. The van der Waals surface area contributed by atoms with Crippen LogP contribution in [0.2, 0.25) is 0 Å². The molecule has 2 nitrogen and oxygen atoms in total. The van der Waals surface area contributed by atoms with Gasteiger partial charge in [-0.15, -0.1) is 0 Å². The first-order chi connectivity index (χ1) is 5.25. The van der Waals surface area contributed by atoms with E-state index in [0.29, 0.717) is 0 Å². The summed E-state index contributed by atoms with van der Waals surface area (Å²) in [6.45, 7) is -0.0252. The molecule has 0 fully saturated rings. The van der Waals surface area contributed by atoms with E-state index in [9.17, 15) is 0 Å². The van der Waals surface area contributed by atoms with Crippen molar-refractivity contribution in [2.75, 3.05) is 6.61 Å². The lowest BCUT2D eigenvalue weighted by Gasteiger charge is -2.09. The molecule has 11 heavy (non-hydrogen) atoms. The first-order valence-electron chi connectivity index (χ1n) is 3.36. The summed E-state index contributed by atoms with van der Waals surface area (Å²) < 4.78 is 0.946. The van der Waals surface area contributed by atoms with E-state index in [2.05, 4.69) is 15.9 Å². The zero-order valence-corrected chi connectivity index (χ0v) is 7.58. The lowest BCUT2D eigenvalue weighted by molar-refractivity contribution is 0.267. The number of hydrogen-bond donors (Lipinski definition) is 2. The maximum absolute atomic E-state index is 8.77. The Morgan fingerprint density at radius 1 is 1.45 bits per heavy atom. The first-order valence-corrected chi connectivity index (χ1v) is 4.16. The fourth-order valence-corrected chi connectivity index (χ4v) is 1.45. The smallest absolute Gasteiger partial charge is 0.0624 e. The van der Waals surface area contributed by atoms with Crippen LogP contribution >= 0.6 is 15.9 Å². The quantitative estimate of drug-likeness (QED) is 0.785. The summed E-state index contributed by atoms with van der Waals surface area (Å²) in [5.74, 6) is 0. The highest BCUT2D eigenvalue weighted by Crippen LogP contribution is 2.20. The first kappa shape index (κ1) is 8.71. The zero-order chi connectivity index (χ0) is 8.27. The average molecular weight is 216 g/mol. The van der Waals surface area contributed by atoms with Gasteiger partial charge in [0.2, 0.25) is 0 Å². The molecule has 0 spiro atoms. The fourth-order valence-electron chi connectivity index (χ4n) is 0.874. The number of aliphatic hydroxyl groups is 1. The standard InChI is InChI=1S/C8H10BrNO/c9-7-4-2-1-3-6(7)8(10)5-11/h1-4,8,11H,5,10H2/t8-/m0/s1. The molecular weight excluding hydrogens is 206 g/mol. The highest BCUT2D eigenvalue weighted by molar-refractivity contribution is 9.10. The minimum Gasteiger partial charge on any atom is -0.394 e. The Bertz CT molecular complexity index is 239. The van der Waals surface area contributed by atoms with Gasteiger partial charge in [0.25, 0.3) is 0 Å². The normalized spacial score (nSPS) is 13.0. The molecule has 3 heteroatoms. The topological polar surface area (TPSA) is 46.2 Å². The molecule has 1 aromatic rings. The van der Waals surface area contributed by atoms with Crippen molar-refractivity contribution in [2.24, 2.45) is 5.73 Å². The SMILES string of the molecule is N[C@@H](CO)c1ccccc1Br. The zero-order valence-electron chi connectivity index (χ0n) is 6.00. The van der Waals surface area contributed by atoms with Crippen LogP contribution in [0.3, 0.4) is 0 Å². The fraction of sp³-hybridized carbons (Fsp3) is 0.250. The second-order valence-corrected chi connectivity index (χ2v) is 3.16. The molecule has 0 radical (unpaired) electrons. The summed E-state index contributed by atoms with van der Waals surface area (Å²) in [7, 11) is 0. The van der Waals surface area contributed by atoms with Gasteiger partial charge in [-0.1, -0.05) is 34.1 Å². The molecule has 0 unspecified atom stereocenters. The Morgan fingerprint density at radius 3 is 2.64 bits per heavy atom. The molecular formula is C8H10BrNO. The molecule has 0 aliphatic rings. The van der Waals surface area contributed by atoms with Crippen molar-refractivity contribution in [1.82, 2.24) is 0 Å². The Morgan fingerprint density at radius 2 is 2.09 bits per heavy atom. The molecule has 60 valence electrons. The predicted octanol–water partition coefficient (Wildman–Crippen LogP) is 1.44. The van der Waals surface area contributed by atoms with Crippen LogP contribution in [0.15, 0.2) is 28.7 Å². The molecule has 0 saturated heterocycles. The van der Waals surface area contributed by atoms with Crippen molar-refractivity contribution in [1.29, 1.82) is 0 Å². The molecule has 1 aromatic carbocycles. The summed E-state index contributed by atoms with van der Waals surface area (Å²) in [6.07, 6.45) is 0. The van der Waals surface area contributed by atoms with Gasteiger partial charge in [0.15, 0.2) is 0 Å². The van der Waals surface area contributed by atoms with E-state index < -0.39 is 0 Å². The Balaban J connectivity index is 2.93. The van der Waals surface area contributed by atoms with Gasteiger partial charge >= 0.3 is 0 Å². The van der Waals surface area contributed by atoms with E-state index in [0.717, 1.165) is 10.0 Å². The highest BCUT2D eigenvalue weighted by Gasteiger charge is 2.06. The third kappa shape index (κ3) is 2.02. The van der Waals surface area contributed by atoms with Crippen LogP contribution in [0.25, 0.3) is 0 Å². The summed E-state index contributed by atoms with van der Waals surface area (Å²) in [5.41, 5.74) is 6.55. The molecule has 0 aromatic heterocycles. The number of aliphatic hydroxyl groups excluding tert-OH is 1. The van der Waals surface area contributed by atoms with Crippen LogP contribution in [-0.4, -0.2) is 11.7 Å². The van der Waals surface area contributed by atoms with Crippen LogP contribution in [-0.2, 0) is 0 Å². The van der Waals surface area contributed by atoms with Crippen LogP contribution in [0.1, 0.15) is 11.6 Å². The minimum atomic E-state index is -0.287. The molecule has 1 atom stereocenters. The van der Waals surface area contributed by atoms with Crippen LogP contribution in [0.4, 0.5) is 0 Å². The second-order valence-electron chi connectivity index (χ2n) is 2.31. The molecule has 0 saturated carbocycles. The van der Waals surface area contributed by atoms with Gasteiger partial charge in [-0.2, -0.15) is 0 Å². The molecule has 3 N–H and O–H groups in total. The molecule has 1 rings (SSSR count). The van der Waals surface area contributed by atoms with E-state index in [1.54, 1.807) is 0 Å². The number of benzene rings is 1. The molecule has 0 bridgehead atoms. The van der Waals surface area contributed by atoms with E-state index >= 15 is 0 Å². The van der Waals surface area contributed by atoms with Crippen molar-refractivity contribution < 1.29 is 5.11 Å². The third-order valence-corrected chi connectivity index (χ3v) is 2.22. The minimum absolute atomic E-state index is 0.0252. The Hall–Kier alpha value is -0.380. The van der Waals surface area contributed by atoms with Gasteiger partial charge in [0.05, 0.1) is 12.6 Å². The van der Waals surface area contributed by atoms with Gasteiger partial charge < -0.3 is 10.8 Å². The maximum Gasteiger partial charge on any atom is 0.0624 e. The Kier molecular flexibility index (Phi) is 3.05. The van der Waals surface area contributed by atoms with Crippen molar-refractivity contribution in [3.8, 4) is 0 Å².